The van der Waals surface area contributed by atoms with Crippen molar-refractivity contribution in [1.29, 1.82) is 0 Å². The number of benzene rings is 1. The van der Waals surface area contributed by atoms with E-state index < -0.39 is 24.0 Å². The van der Waals surface area contributed by atoms with Crippen molar-refractivity contribution in [2.45, 2.75) is 33.2 Å². The third-order valence-electron chi connectivity index (χ3n) is 4.91. The maximum absolute atomic E-state index is 13.0. The van der Waals surface area contributed by atoms with Crippen LogP contribution in [0.4, 0.5) is 0 Å². The molecule has 2 aromatic heterocycles. The second kappa shape index (κ2) is 9.40. The van der Waals surface area contributed by atoms with Gasteiger partial charge < -0.3 is 15.0 Å². The highest BCUT2D eigenvalue weighted by molar-refractivity contribution is 6.05. The zero-order valence-electron chi connectivity index (χ0n) is 19.8. The van der Waals surface area contributed by atoms with Gasteiger partial charge in [0.2, 0.25) is 5.91 Å². The molecule has 174 valence electrons. The molecule has 1 N–H and O–H groups in total. The van der Waals surface area contributed by atoms with E-state index in [1.165, 1.54) is 11.9 Å². The lowest BCUT2D eigenvalue weighted by molar-refractivity contribution is -0.137. The van der Waals surface area contributed by atoms with Crippen molar-refractivity contribution in [3.63, 3.8) is 0 Å². The molecule has 0 bridgehead atoms. The van der Waals surface area contributed by atoms with Crippen molar-refractivity contribution in [2.24, 2.45) is 7.05 Å². The first kappa shape index (κ1) is 23.9. The first-order valence-electron chi connectivity index (χ1n) is 10.6. The summed E-state index contributed by atoms with van der Waals surface area (Å²) >= 11 is 0. The zero-order valence-corrected chi connectivity index (χ0v) is 19.8. The Labute approximate surface area is 192 Å². The Morgan fingerprint density at radius 2 is 1.82 bits per heavy atom. The number of aromatic nitrogens is 3. The number of ether oxygens (including phenoxy) is 1. The minimum absolute atomic E-state index is 0.132. The highest BCUT2D eigenvalue weighted by Crippen LogP contribution is 2.27. The number of likely N-dealkylation sites (N-methyl/N-ethyl adjacent to an activating group) is 1. The largest absolute Gasteiger partial charge is 0.452 e. The molecule has 3 aromatic rings. The third-order valence-corrected chi connectivity index (χ3v) is 4.91. The molecule has 0 unspecified atom stereocenters. The van der Waals surface area contributed by atoms with Crippen molar-refractivity contribution in [1.82, 2.24) is 25.0 Å². The highest BCUT2D eigenvalue weighted by atomic mass is 16.5. The molecule has 0 aliphatic heterocycles. The van der Waals surface area contributed by atoms with Crippen molar-refractivity contribution in [2.75, 3.05) is 20.2 Å². The Morgan fingerprint density at radius 1 is 1.15 bits per heavy atom. The number of carbonyl (C=O) groups is 3. The fourth-order valence-corrected chi connectivity index (χ4v) is 3.44. The summed E-state index contributed by atoms with van der Waals surface area (Å²) in [5, 5.41) is 7.75. The fraction of sp³-hybridized carbons (Fsp3) is 0.375. The number of nitrogens with zero attached hydrogens (tertiary/aromatic N) is 4. The Bertz CT molecular complexity index is 1200. The Balaban J connectivity index is 1.79. The van der Waals surface area contributed by atoms with Crippen LogP contribution < -0.4 is 5.32 Å². The number of hydrogen-bond donors (Lipinski definition) is 1. The van der Waals surface area contributed by atoms with E-state index in [2.05, 4.69) is 15.4 Å². The van der Waals surface area contributed by atoms with Crippen molar-refractivity contribution >= 4 is 28.8 Å². The summed E-state index contributed by atoms with van der Waals surface area (Å²) in [4.78, 5) is 43.4. The zero-order chi connectivity index (χ0) is 24.3. The summed E-state index contributed by atoms with van der Waals surface area (Å²) in [6.45, 7) is 6.74. The van der Waals surface area contributed by atoms with Crippen LogP contribution in [0.3, 0.4) is 0 Å². The van der Waals surface area contributed by atoms with E-state index >= 15 is 0 Å². The topological polar surface area (TPSA) is 106 Å². The van der Waals surface area contributed by atoms with Gasteiger partial charge in [-0.3, -0.25) is 14.3 Å². The smallest absolute Gasteiger partial charge is 0.339 e. The van der Waals surface area contributed by atoms with E-state index in [0.717, 1.165) is 5.56 Å². The van der Waals surface area contributed by atoms with Gasteiger partial charge >= 0.3 is 5.97 Å². The summed E-state index contributed by atoms with van der Waals surface area (Å²) in [6.07, 6.45) is 0. The average Bonchev–Trinajstić information content (AvgIpc) is 3.03. The quantitative estimate of drug-likeness (QED) is 0.577. The molecule has 2 heterocycles. The van der Waals surface area contributed by atoms with Gasteiger partial charge in [0.15, 0.2) is 12.3 Å². The number of carbonyl (C=O) groups excluding carboxylic acids is 3. The van der Waals surface area contributed by atoms with Crippen LogP contribution in [0.25, 0.3) is 22.3 Å². The first-order chi connectivity index (χ1) is 15.5. The second-order valence-corrected chi connectivity index (χ2v) is 8.95. The summed E-state index contributed by atoms with van der Waals surface area (Å²) in [7, 11) is 3.25. The van der Waals surface area contributed by atoms with Crippen LogP contribution in [-0.4, -0.2) is 63.2 Å². The van der Waals surface area contributed by atoms with E-state index in [9.17, 15) is 14.4 Å². The maximum Gasteiger partial charge on any atom is 0.339 e. The van der Waals surface area contributed by atoms with Gasteiger partial charge in [0.1, 0.15) is 0 Å². The Morgan fingerprint density at radius 3 is 2.45 bits per heavy atom. The molecule has 2 amide bonds. The van der Waals surface area contributed by atoms with Gasteiger partial charge in [0.05, 0.1) is 28.9 Å². The van der Waals surface area contributed by atoms with Gasteiger partial charge in [-0.05, 0) is 33.8 Å². The Hall–Kier alpha value is -3.75. The molecule has 0 atom stereocenters. The van der Waals surface area contributed by atoms with Crippen molar-refractivity contribution < 1.29 is 19.1 Å². The van der Waals surface area contributed by atoms with Crippen LogP contribution in [-0.2, 0) is 21.4 Å². The molecule has 9 heteroatoms. The maximum atomic E-state index is 13.0. The minimum atomic E-state index is -0.656. The minimum Gasteiger partial charge on any atom is -0.452 e. The SMILES string of the molecule is Cc1nn(C)c2nc(-c3ccccc3)cc(C(=O)OCC(=O)N(C)CC(=O)NC(C)(C)C)c12. The van der Waals surface area contributed by atoms with Gasteiger partial charge in [-0.15, -0.1) is 0 Å². The molecular weight excluding hydrogens is 422 g/mol. The number of hydrogen-bond acceptors (Lipinski definition) is 6. The van der Waals surface area contributed by atoms with Gasteiger partial charge in [-0.2, -0.15) is 5.10 Å². The van der Waals surface area contributed by atoms with Gasteiger partial charge in [0.25, 0.3) is 5.91 Å². The van der Waals surface area contributed by atoms with Crippen LogP contribution in [0.15, 0.2) is 36.4 Å². The van der Waals surface area contributed by atoms with Crippen molar-refractivity contribution in [3.8, 4) is 11.3 Å². The molecule has 0 radical (unpaired) electrons. The molecule has 0 aliphatic rings. The van der Waals surface area contributed by atoms with Crippen molar-refractivity contribution in [3.05, 3.63) is 47.7 Å². The van der Waals surface area contributed by atoms with Crippen LogP contribution in [0.5, 0.6) is 0 Å². The van der Waals surface area contributed by atoms with Crippen LogP contribution in [0, 0.1) is 6.92 Å². The van der Waals surface area contributed by atoms with Gasteiger partial charge in [-0.25, -0.2) is 9.78 Å². The van der Waals surface area contributed by atoms with E-state index in [1.807, 2.05) is 51.1 Å². The summed E-state index contributed by atoms with van der Waals surface area (Å²) in [6, 6.07) is 11.1. The van der Waals surface area contributed by atoms with Crippen LogP contribution >= 0.6 is 0 Å². The van der Waals surface area contributed by atoms with E-state index in [1.54, 1.807) is 24.7 Å². The molecular formula is C24H29N5O4. The number of amides is 2. The predicted molar refractivity (Wildman–Crippen MR) is 124 cm³/mol. The third kappa shape index (κ3) is 5.74. The number of rotatable bonds is 6. The molecule has 0 fully saturated rings. The molecule has 33 heavy (non-hydrogen) atoms. The molecule has 0 saturated carbocycles. The molecule has 3 rings (SSSR count). The monoisotopic (exact) mass is 451 g/mol. The summed E-state index contributed by atoms with van der Waals surface area (Å²) < 4.78 is 6.94. The molecule has 0 spiro atoms. The lowest BCUT2D eigenvalue weighted by Crippen LogP contribution is -2.46. The lowest BCUT2D eigenvalue weighted by atomic mass is 10.1. The number of pyridine rings is 1. The standard InChI is InChI=1S/C24H29N5O4/c1-15-21-17(12-18(16-10-8-7-9-11-16)25-22(21)29(6)27-15)23(32)33-14-20(31)28(5)13-19(30)26-24(2,3)4/h7-12H,13-14H2,1-6H3,(H,26,30). The number of aryl methyl sites for hydroxylation is 2. The number of nitrogens with one attached hydrogen (secondary N) is 1. The van der Waals surface area contributed by atoms with Gasteiger partial charge in [-0.1, -0.05) is 30.3 Å². The Kier molecular flexibility index (Phi) is 6.81. The molecule has 9 nitrogen and oxygen atoms in total. The summed E-state index contributed by atoms with van der Waals surface area (Å²) in [5.74, 6) is -1.43. The van der Waals surface area contributed by atoms with Crippen LogP contribution in [0.1, 0.15) is 36.8 Å². The van der Waals surface area contributed by atoms with E-state index in [4.69, 9.17) is 4.74 Å². The molecule has 0 aliphatic carbocycles. The normalized spacial score (nSPS) is 11.3. The second-order valence-electron chi connectivity index (χ2n) is 8.95. The van der Waals surface area contributed by atoms with E-state index in [-0.39, 0.29) is 18.0 Å². The number of esters is 1. The fourth-order valence-electron chi connectivity index (χ4n) is 3.44. The van der Waals surface area contributed by atoms with E-state index in [0.29, 0.717) is 22.4 Å². The molecule has 1 aromatic carbocycles. The molecule has 0 saturated heterocycles. The highest BCUT2D eigenvalue weighted by Gasteiger charge is 2.23. The summed E-state index contributed by atoms with van der Waals surface area (Å²) in [5.41, 5.74) is 2.49. The predicted octanol–water partition coefficient (Wildman–Crippen LogP) is 2.47. The lowest BCUT2D eigenvalue weighted by Gasteiger charge is -2.23. The number of fused-ring (bicyclic) bond motifs is 1. The van der Waals surface area contributed by atoms with Gasteiger partial charge in [0, 0.05) is 25.2 Å². The average molecular weight is 452 g/mol. The van der Waals surface area contributed by atoms with Crippen LogP contribution in [0.2, 0.25) is 0 Å². The first-order valence-corrected chi connectivity index (χ1v) is 10.6.